The number of pyridine rings is 1. The fourth-order valence-electron chi connectivity index (χ4n) is 1.88. The molecule has 0 saturated heterocycles. The van der Waals surface area contributed by atoms with Gasteiger partial charge in [0.1, 0.15) is 13.1 Å². The molecule has 1 heterocycles. The van der Waals surface area contributed by atoms with E-state index in [-0.39, 0.29) is 18.8 Å². The average molecular weight is 393 g/mol. The molecule has 0 bridgehead atoms. The van der Waals surface area contributed by atoms with Gasteiger partial charge in [0.2, 0.25) is 0 Å². The van der Waals surface area contributed by atoms with E-state index in [9.17, 15) is 19.2 Å². The quantitative estimate of drug-likeness (QED) is 0.455. The van der Waals surface area contributed by atoms with Crippen LogP contribution in [0.5, 0.6) is 0 Å². The standard InChI is InChI=1S/C17H19N3O8/c1-6-15-7-8-16(9-19(25-11(2)21)26-12(3)22)18-17(15)10-20(27-13(4)23)28-14(5)24/h1,7-8H,9-10H2,2-5H3. The van der Waals surface area contributed by atoms with E-state index in [2.05, 4.69) is 10.9 Å². The SMILES string of the molecule is C#Cc1ccc(CN(OC(C)=O)OC(C)=O)nc1CN(OC(C)=O)OC(C)=O. The summed E-state index contributed by atoms with van der Waals surface area (Å²) in [6.07, 6.45) is 5.44. The van der Waals surface area contributed by atoms with Crippen molar-refractivity contribution in [1.29, 1.82) is 0 Å². The van der Waals surface area contributed by atoms with E-state index in [0.29, 0.717) is 21.7 Å². The van der Waals surface area contributed by atoms with E-state index in [0.717, 1.165) is 27.7 Å². The first-order chi connectivity index (χ1) is 13.1. The number of terminal acetylenes is 1. The van der Waals surface area contributed by atoms with Crippen molar-refractivity contribution < 1.29 is 38.5 Å². The third kappa shape index (κ3) is 8.26. The Kier molecular flexibility index (Phi) is 8.54. The van der Waals surface area contributed by atoms with Gasteiger partial charge >= 0.3 is 23.9 Å². The minimum Gasteiger partial charge on any atom is -0.333 e. The molecular formula is C17H19N3O8. The molecule has 1 aromatic heterocycles. The molecule has 11 heteroatoms. The number of nitrogens with zero attached hydrogens (tertiary/aromatic N) is 3. The van der Waals surface area contributed by atoms with Crippen molar-refractivity contribution in [2.45, 2.75) is 40.8 Å². The molecule has 0 aliphatic heterocycles. The summed E-state index contributed by atoms with van der Waals surface area (Å²) in [4.78, 5) is 68.0. The number of hydrogen-bond donors (Lipinski definition) is 0. The van der Waals surface area contributed by atoms with E-state index >= 15 is 0 Å². The number of carbonyl (C=O) groups is 4. The normalized spacial score (nSPS) is 10.2. The zero-order chi connectivity index (χ0) is 21.3. The lowest BCUT2D eigenvalue weighted by atomic mass is 10.2. The third-order valence-corrected chi connectivity index (χ3v) is 2.68. The Labute approximate surface area is 160 Å². The molecule has 0 radical (unpaired) electrons. The van der Waals surface area contributed by atoms with Crippen LogP contribution in [0.25, 0.3) is 0 Å². The molecule has 28 heavy (non-hydrogen) atoms. The van der Waals surface area contributed by atoms with Crippen LogP contribution < -0.4 is 0 Å². The van der Waals surface area contributed by atoms with Crippen LogP contribution in [0.4, 0.5) is 0 Å². The maximum absolute atomic E-state index is 11.2. The Hall–Kier alpha value is -3.49. The highest BCUT2D eigenvalue weighted by Crippen LogP contribution is 2.13. The second-order valence-electron chi connectivity index (χ2n) is 5.25. The summed E-state index contributed by atoms with van der Waals surface area (Å²) in [5.74, 6) is -0.476. The van der Waals surface area contributed by atoms with E-state index < -0.39 is 23.9 Å². The summed E-state index contributed by atoms with van der Waals surface area (Å²) in [6, 6.07) is 3.04. The van der Waals surface area contributed by atoms with Crippen LogP contribution in [0.15, 0.2) is 12.1 Å². The Balaban J connectivity index is 3.10. The molecule has 0 unspecified atom stereocenters. The van der Waals surface area contributed by atoms with Gasteiger partial charge in [-0.2, -0.15) is 0 Å². The number of hydroxylamine groups is 4. The molecule has 150 valence electrons. The van der Waals surface area contributed by atoms with Gasteiger partial charge in [-0.25, -0.2) is 0 Å². The molecule has 11 nitrogen and oxygen atoms in total. The van der Waals surface area contributed by atoms with Crippen LogP contribution in [0.3, 0.4) is 0 Å². The second-order valence-corrected chi connectivity index (χ2v) is 5.25. The minimum absolute atomic E-state index is 0.210. The monoisotopic (exact) mass is 393 g/mol. The molecule has 0 fully saturated rings. The first kappa shape index (κ1) is 22.6. The van der Waals surface area contributed by atoms with Crippen molar-refractivity contribution in [3.05, 3.63) is 29.1 Å². The van der Waals surface area contributed by atoms with Gasteiger partial charge in [-0.1, -0.05) is 5.92 Å². The number of hydrogen-bond acceptors (Lipinski definition) is 11. The van der Waals surface area contributed by atoms with Crippen LogP contribution in [0.1, 0.15) is 44.6 Å². The van der Waals surface area contributed by atoms with Crippen LogP contribution in [0, 0.1) is 12.3 Å². The van der Waals surface area contributed by atoms with Gasteiger partial charge in [-0.15, -0.1) is 6.42 Å². The molecule has 0 amide bonds. The van der Waals surface area contributed by atoms with Gasteiger partial charge in [0.25, 0.3) is 0 Å². The summed E-state index contributed by atoms with van der Waals surface area (Å²) >= 11 is 0. The van der Waals surface area contributed by atoms with Crippen molar-refractivity contribution >= 4 is 23.9 Å². The van der Waals surface area contributed by atoms with E-state index in [1.54, 1.807) is 0 Å². The van der Waals surface area contributed by atoms with E-state index in [4.69, 9.17) is 25.8 Å². The summed E-state index contributed by atoms with van der Waals surface area (Å²) in [7, 11) is 0. The van der Waals surface area contributed by atoms with Crippen molar-refractivity contribution in [3.63, 3.8) is 0 Å². The minimum atomic E-state index is -0.726. The topological polar surface area (TPSA) is 125 Å². The first-order valence-corrected chi connectivity index (χ1v) is 7.85. The van der Waals surface area contributed by atoms with Gasteiger partial charge < -0.3 is 19.4 Å². The average Bonchev–Trinajstić information content (AvgIpc) is 2.52. The van der Waals surface area contributed by atoms with Gasteiger partial charge in [-0.3, -0.25) is 24.2 Å². The predicted molar refractivity (Wildman–Crippen MR) is 90.3 cm³/mol. The van der Waals surface area contributed by atoms with Gasteiger partial charge in [0.05, 0.1) is 11.4 Å². The van der Waals surface area contributed by atoms with Crippen LogP contribution in [0.2, 0.25) is 0 Å². The van der Waals surface area contributed by atoms with Crippen LogP contribution in [-0.2, 0) is 51.6 Å². The summed E-state index contributed by atoms with van der Waals surface area (Å²) < 4.78 is 0. The second kappa shape index (κ2) is 10.6. The summed E-state index contributed by atoms with van der Waals surface area (Å²) in [6.45, 7) is 4.03. The summed E-state index contributed by atoms with van der Waals surface area (Å²) in [5.41, 5.74) is 0.842. The molecule has 0 atom stereocenters. The first-order valence-electron chi connectivity index (χ1n) is 7.85. The number of rotatable bonds is 8. The fraction of sp³-hybridized carbons (Fsp3) is 0.353. The maximum Gasteiger partial charge on any atom is 0.326 e. The smallest absolute Gasteiger partial charge is 0.326 e. The Bertz CT molecular complexity index is 770. The van der Waals surface area contributed by atoms with E-state index in [1.807, 2.05) is 0 Å². The molecule has 0 saturated carbocycles. The number of aromatic nitrogens is 1. The maximum atomic E-state index is 11.2. The molecule has 0 spiro atoms. The zero-order valence-electron chi connectivity index (χ0n) is 15.8. The molecule has 0 aliphatic carbocycles. The van der Waals surface area contributed by atoms with Gasteiger partial charge in [-0.05, 0) is 12.1 Å². The fourth-order valence-corrected chi connectivity index (χ4v) is 1.88. The predicted octanol–water partition coefficient (Wildman–Crippen LogP) is 0.579. The molecule has 1 aromatic rings. The Morgan fingerprint density at radius 3 is 1.68 bits per heavy atom. The molecule has 0 aromatic carbocycles. The molecule has 0 N–H and O–H groups in total. The van der Waals surface area contributed by atoms with Gasteiger partial charge in [0.15, 0.2) is 0 Å². The van der Waals surface area contributed by atoms with Gasteiger partial charge in [0, 0.05) is 43.7 Å². The van der Waals surface area contributed by atoms with Crippen LogP contribution in [-0.4, -0.2) is 39.3 Å². The highest BCUT2D eigenvalue weighted by atomic mass is 17.0. The third-order valence-electron chi connectivity index (χ3n) is 2.68. The lowest BCUT2D eigenvalue weighted by Crippen LogP contribution is -2.30. The highest BCUT2D eigenvalue weighted by molar-refractivity contribution is 5.67. The van der Waals surface area contributed by atoms with Crippen molar-refractivity contribution in [2.75, 3.05) is 0 Å². The largest absolute Gasteiger partial charge is 0.333 e. The number of carbonyl (C=O) groups excluding carboxylic acids is 4. The molecule has 0 aliphatic rings. The summed E-state index contributed by atoms with van der Waals surface area (Å²) in [5, 5.41) is 1.29. The lowest BCUT2D eigenvalue weighted by molar-refractivity contribution is -0.329. The Morgan fingerprint density at radius 1 is 0.857 bits per heavy atom. The lowest BCUT2D eigenvalue weighted by Gasteiger charge is -2.20. The van der Waals surface area contributed by atoms with Crippen LogP contribution >= 0.6 is 0 Å². The molecular weight excluding hydrogens is 374 g/mol. The zero-order valence-corrected chi connectivity index (χ0v) is 15.8. The molecule has 1 rings (SSSR count). The van der Waals surface area contributed by atoms with Crippen molar-refractivity contribution in [1.82, 2.24) is 15.4 Å². The van der Waals surface area contributed by atoms with E-state index in [1.165, 1.54) is 12.1 Å². The highest BCUT2D eigenvalue weighted by Gasteiger charge is 2.19. The van der Waals surface area contributed by atoms with Crippen molar-refractivity contribution in [3.8, 4) is 12.3 Å². The van der Waals surface area contributed by atoms with Crippen molar-refractivity contribution in [2.24, 2.45) is 0 Å². The Morgan fingerprint density at radius 2 is 1.29 bits per heavy atom.